The number of fused-ring (bicyclic) bond motifs is 1. The Bertz CT molecular complexity index is 595. The zero-order valence-corrected chi connectivity index (χ0v) is 10.6. The summed E-state index contributed by atoms with van der Waals surface area (Å²) < 4.78 is 26.5. The van der Waals surface area contributed by atoms with Crippen LogP contribution in [0.3, 0.4) is 0 Å². The lowest BCUT2D eigenvalue weighted by Gasteiger charge is -2.26. The largest absolute Gasteiger partial charge is 0.327 e. The van der Waals surface area contributed by atoms with Crippen LogP contribution >= 0.6 is 0 Å². The minimum Gasteiger partial charge on any atom is -0.327 e. The van der Waals surface area contributed by atoms with E-state index in [1.165, 1.54) is 22.1 Å². The molecule has 98 valence electrons. The molecule has 0 radical (unpaired) electrons. The van der Waals surface area contributed by atoms with Crippen LogP contribution in [-0.2, 0) is 19.5 Å². The third-order valence-corrected chi connectivity index (χ3v) is 3.76. The SMILES string of the molecule is Fc1ccc(C[NH+]2CCc3ccccc3C2)c(F)c1. The van der Waals surface area contributed by atoms with Crippen LogP contribution in [0.4, 0.5) is 8.78 Å². The molecule has 0 aliphatic carbocycles. The summed E-state index contributed by atoms with van der Waals surface area (Å²) in [5, 5.41) is 0. The number of nitrogens with one attached hydrogen (secondary N) is 1. The van der Waals surface area contributed by atoms with Gasteiger partial charge < -0.3 is 4.90 Å². The maximum atomic E-state index is 13.6. The van der Waals surface area contributed by atoms with E-state index < -0.39 is 11.6 Å². The van der Waals surface area contributed by atoms with E-state index >= 15 is 0 Å². The maximum Gasteiger partial charge on any atom is 0.134 e. The third kappa shape index (κ3) is 2.66. The predicted octanol–water partition coefficient (Wildman–Crippen LogP) is 2.11. The lowest BCUT2D eigenvalue weighted by atomic mass is 9.99. The fourth-order valence-corrected chi connectivity index (χ4v) is 2.73. The molecular formula is C16H16F2N+. The van der Waals surface area contributed by atoms with Crippen molar-refractivity contribution in [3.05, 3.63) is 70.8 Å². The highest BCUT2D eigenvalue weighted by Gasteiger charge is 2.20. The molecule has 19 heavy (non-hydrogen) atoms. The van der Waals surface area contributed by atoms with E-state index in [1.807, 2.05) is 6.07 Å². The van der Waals surface area contributed by atoms with Crippen LogP contribution in [0, 0.1) is 11.6 Å². The summed E-state index contributed by atoms with van der Waals surface area (Å²) >= 11 is 0. The number of rotatable bonds is 2. The number of benzene rings is 2. The molecule has 1 nitrogen and oxygen atoms in total. The summed E-state index contributed by atoms with van der Waals surface area (Å²) in [6, 6.07) is 12.2. The summed E-state index contributed by atoms with van der Waals surface area (Å²) in [5.41, 5.74) is 3.33. The van der Waals surface area contributed by atoms with Crippen molar-refractivity contribution in [1.82, 2.24) is 0 Å². The highest BCUT2D eigenvalue weighted by molar-refractivity contribution is 5.27. The van der Waals surface area contributed by atoms with Crippen molar-refractivity contribution in [3.63, 3.8) is 0 Å². The molecule has 2 aromatic rings. The zero-order chi connectivity index (χ0) is 13.2. The average molecular weight is 260 g/mol. The van der Waals surface area contributed by atoms with Gasteiger partial charge in [-0.15, -0.1) is 0 Å². The van der Waals surface area contributed by atoms with Gasteiger partial charge in [0.25, 0.3) is 0 Å². The average Bonchev–Trinajstić information content (AvgIpc) is 2.42. The third-order valence-electron chi connectivity index (χ3n) is 3.76. The van der Waals surface area contributed by atoms with E-state index in [4.69, 9.17) is 0 Å². The van der Waals surface area contributed by atoms with Crippen molar-refractivity contribution >= 4 is 0 Å². The normalized spacial score (nSPS) is 18.1. The van der Waals surface area contributed by atoms with E-state index in [0.717, 1.165) is 25.6 Å². The van der Waals surface area contributed by atoms with Crippen molar-refractivity contribution in [2.45, 2.75) is 19.5 Å². The van der Waals surface area contributed by atoms with E-state index in [1.54, 1.807) is 6.07 Å². The highest BCUT2D eigenvalue weighted by Crippen LogP contribution is 2.12. The molecule has 0 fully saturated rings. The van der Waals surface area contributed by atoms with Gasteiger partial charge >= 0.3 is 0 Å². The molecule has 3 rings (SSSR count). The van der Waals surface area contributed by atoms with Crippen molar-refractivity contribution in [2.24, 2.45) is 0 Å². The number of hydrogen-bond acceptors (Lipinski definition) is 0. The molecular weight excluding hydrogens is 244 g/mol. The Balaban J connectivity index is 1.75. The Labute approximate surface area is 111 Å². The molecule has 1 heterocycles. The first-order valence-electron chi connectivity index (χ1n) is 6.56. The molecule has 0 saturated carbocycles. The molecule has 1 unspecified atom stereocenters. The minimum absolute atomic E-state index is 0.439. The summed E-state index contributed by atoms with van der Waals surface area (Å²) in [6.45, 7) is 2.52. The number of hydrogen-bond donors (Lipinski definition) is 1. The summed E-state index contributed by atoms with van der Waals surface area (Å²) in [7, 11) is 0. The Morgan fingerprint density at radius 2 is 1.79 bits per heavy atom. The van der Waals surface area contributed by atoms with Gasteiger partial charge in [-0.05, 0) is 17.7 Å². The van der Waals surface area contributed by atoms with Gasteiger partial charge in [-0.25, -0.2) is 8.78 Å². The van der Waals surface area contributed by atoms with E-state index in [0.29, 0.717) is 12.1 Å². The van der Waals surface area contributed by atoms with Gasteiger partial charge in [-0.3, -0.25) is 0 Å². The van der Waals surface area contributed by atoms with Crippen LogP contribution < -0.4 is 4.90 Å². The molecule has 1 aliphatic rings. The summed E-state index contributed by atoms with van der Waals surface area (Å²) in [5.74, 6) is -0.952. The van der Waals surface area contributed by atoms with E-state index in [2.05, 4.69) is 18.2 Å². The summed E-state index contributed by atoms with van der Waals surface area (Å²) in [4.78, 5) is 1.32. The molecule has 0 amide bonds. The van der Waals surface area contributed by atoms with Crippen LogP contribution in [0.15, 0.2) is 42.5 Å². The second-order valence-corrected chi connectivity index (χ2v) is 5.11. The molecule has 1 N–H and O–H groups in total. The highest BCUT2D eigenvalue weighted by atomic mass is 19.1. The van der Waals surface area contributed by atoms with Crippen LogP contribution in [0.1, 0.15) is 16.7 Å². The maximum absolute atomic E-state index is 13.6. The Morgan fingerprint density at radius 1 is 1.00 bits per heavy atom. The smallest absolute Gasteiger partial charge is 0.134 e. The quantitative estimate of drug-likeness (QED) is 0.843. The number of halogens is 2. The topological polar surface area (TPSA) is 4.44 Å². The van der Waals surface area contributed by atoms with E-state index in [9.17, 15) is 8.78 Å². The van der Waals surface area contributed by atoms with Crippen molar-refractivity contribution in [2.75, 3.05) is 6.54 Å². The summed E-state index contributed by atoms with van der Waals surface area (Å²) in [6.07, 6.45) is 1.02. The van der Waals surface area contributed by atoms with Crippen LogP contribution in [0.25, 0.3) is 0 Å². The fraction of sp³-hybridized carbons (Fsp3) is 0.250. The van der Waals surface area contributed by atoms with Gasteiger partial charge in [-0.1, -0.05) is 24.3 Å². The molecule has 1 aliphatic heterocycles. The predicted molar refractivity (Wildman–Crippen MR) is 69.7 cm³/mol. The number of quaternary nitrogens is 1. The molecule has 0 bridgehead atoms. The second-order valence-electron chi connectivity index (χ2n) is 5.11. The van der Waals surface area contributed by atoms with Gasteiger partial charge in [0.05, 0.1) is 6.54 Å². The lowest BCUT2D eigenvalue weighted by molar-refractivity contribution is -0.929. The molecule has 1 atom stereocenters. The fourth-order valence-electron chi connectivity index (χ4n) is 2.73. The first kappa shape index (κ1) is 12.3. The van der Waals surface area contributed by atoms with Gasteiger partial charge in [0.15, 0.2) is 0 Å². The van der Waals surface area contributed by atoms with Crippen molar-refractivity contribution < 1.29 is 13.7 Å². The van der Waals surface area contributed by atoms with Crippen LogP contribution in [0.5, 0.6) is 0 Å². The minimum atomic E-state index is -0.514. The van der Waals surface area contributed by atoms with Crippen molar-refractivity contribution in [3.8, 4) is 0 Å². The molecule has 3 heteroatoms. The van der Waals surface area contributed by atoms with Crippen LogP contribution in [0.2, 0.25) is 0 Å². The molecule has 0 aromatic heterocycles. The Hall–Kier alpha value is -1.74. The van der Waals surface area contributed by atoms with Gasteiger partial charge in [0, 0.05) is 23.6 Å². The Morgan fingerprint density at radius 3 is 2.58 bits per heavy atom. The second kappa shape index (κ2) is 5.10. The van der Waals surface area contributed by atoms with Crippen molar-refractivity contribution in [1.29, 1.82) is 0 Å². The van der Waals surface area contributed by atoms with Gasteiger partial charge in [-0.2, -0.15) is 0 Å². The Kier molecular flexibility index (Phi) is 3.30. The molecule has 0 saturated heterocycles. The van der Waals surface area contributed by atoms with Gasteiger partial charge in [0.2, 0.25) is 0 Å². The van der Waals surface area contributed by atoms with Gasteiger partial charge in [0.1, 0.15) is 24.7 Å². The standard InChI is InChI=1S/C16H15F2N/c17-15-6-5-14(16(18)9-15)11-19-8-7-12-3-1-2-4-13(12)10-19/h1-6,9H,7-8,10-11H2/p+1. The molecule has 0 spiro atoms. The lowest BCUT2D eigenvalue weighted by Crippen LogP contribution is -3.10. The monoisotopic (exact) mass is 260 g/mol. The first-order valence-corrected chi connectivity index (χ1v) is 6.56. The zero-order valence-electron chi connectivity index (χ0n) is 10.6. The first-order chi connectivity index (χ1) is 9.22. The van der Waals surface area contributed by atoms with E-state index in [-0.39, 0.29) is 0 Å². The molecule has 2 aromatic carbocycles. The van der Waals surface area contributed by atoms with Crippen LogP contribution in [-0.4, -0.2) is 6.54 Å².